The second kappa shape index (κ2) is 5.56. The third kappa shape index (κ3) is 16.1. The SMILES string of the molecule is O.O=S(=O)(O)OO.[GaH3]. The summed E-state index contributed by atoms with van der Waals surface area (Å²) in [6.07, 6.45) is 0. The summed E-state index contributed by atoms with van der Waals surface area (Å²) in [4.78, 5) is 0. The molecule has 4 N–H and O–H groups in total. The summed E-state index contributed by atoms with van der Waals surface area (Å²) in [5.74, 6) is 0. The maximum absolute atomic E-state index is 9.08. The van der Waals surface area contributed by atoms with Gasteiger partial charge in [-0.15, -0.1) is 0 Å². The quantitative estimate of drug-likeness (QED) is 0.208. The summed E-state index contributed by atoms with van der Waals surface area (Å²) in [6.45, 7) is 0. The molecule has 0 bridgehead atoms. The molecule has 0 aromatic carbocycles. The van der Waals surface area contributed by atoms with Crippen molar-refractivity contribution in [1.29, 1.82) is 0 Å². The van der Waals surface area contributed by atoms with Gasteiger partial charge < -0.3 is 5.48 Å². The molecule has 0 atom stereocenters. The van der Waals surface area contributed by atoms with Gasteiger partial charge in [0, 0.05) is 0 Å². The van der Waals surface area contributed by atoms with Gasteiger partial charge in [-0.05, 0) is 0 Å². The first kappa shape index (κ1) is 15.8. The van der Waals surface area contributed by atoms with Gasteiger partial charge in [-0.3, -0.25) is 4.55 Å². The van der Waals surface area contributed by atoms with Crippen molar-refractivity contribution in [3.63, 3.8) is 0 Å². The van der Waals surface area contributed by atoms with Crippen LogP contribution in [0.2, 0.25) is 0 Å². The summed E-state index contributed by atoms with van der Waals surface area (Å²) in [6, 6.07) is 0. The van der Waals surface area contributed by atoms with Crippen molar-refractivity contribution in [1.82, 2.24) is 0 Å². The fourth-order valence-corrected chi connectivity index (χ4v) is 0. The normalized spacial score (nSPS) is 8.75. The molecule has 8 heteroatoms. The molecule has 0 aliphatic carbocycles. The molecule has 8 heavy (non-hydrogen) atoms. The molecule has 0 aliphatic heterocycles. The molecule has 0 unspecified atom stereocenters. The van der Waals surface area contributed by atoms with Crippen LogP contribution in [0, 0.1) is 0 Å². The first-order valence-electron chi connectivity index (χ1n) is 0.865. The summed E-state index contributed by atoms with van der Waals surface area (Å²) in [5, 5.41) is 7.06. The van der Waals surface area contributed by atoms with Crippen LogP contribution in [0.15, 0.2) is 0 Å². The Kier molecular flexibility index (Phi) is 11.0. The predicted molar refractivity (Wildman–Crippen MR) is 28.8 cm³/mol. The Labute approximate surface area is 58.7 Å². The summed E-state index contributed by atoms with van der Waals surface area (Å²) in [7, 11) is -4.61. The van der Waals surface area contributed by atoms with E-state index in [1.165, 1.54) is 0 Å². The Morgan fingerprint density at radius 1 is 1.38 bits per heavy atom. The van der Waals surface area contributed by atoms with E-state index in [0.29, 0.717) is 0 Å². The van der Waals surface area contributed by atoms with E-state index < -0.39 is 10.4 Å². The average molecular weight is 205 g/mol. The monoisotopic (exact) mass is 204 g/mol. The molecule has 0 saturated heterocycles. The van der Waals surface area contributed by atoms with Gasteiger partial charge in [0.25, 0.3) is 0 Å². The van der Waals surface area contributed by atoms with E-state index in [0.717, 1.165) is 0 Å². The van der Waals surface area contributed by atoms with Gasteiger partial charge >= 0.3 is 30.2 Å². The van der Waals surface area contributed by atoms with Crippen molar-refractivity contribution in [3.8, 4) is 0 Å². The van der Waals surface area contributed by atoms with Gasteiger partial charge in [-0.25, -0.2) is 5.26 Å². The molecule has 52 valence electrons. The minimum atomic E-state index is -4.61. The van der Waals surface area contributed by atoms with Gasteiger partial charge in [0.1, 0.15) is 0 Å². The van der Waals surface area contributed by atoms with Crippen molar-refractivity contribution in [3.05, 3.63) is 0 Å². The summed E-state index contributed by atoms with van der Waals surface area (Å²) in [5.41, 5.74) is 0. The van der Waals surface area contributed by atoms with E-state index in [1.54, 1.807) is 0 Å². The first-order valence-corrected chi connectivity index (χ1v) is 2.23. The molecule has 0 saturated carbocycles. The Morgan fingerprint density at radius 2 is 1.50 bits per heavy atom. The Bertz CT molecular complexity index is 110. The Hall–Kier alpha value is 0.426. The molecule has 0 fully saturated rings. The van der Waals surface area contributed by atoms with Crippen molar-refractivity contribution < 1.29 is 28.0 Å². The van der Waals surface area contributed by atoms with Crippen LogP contribution < -0.4 is 0 Å². The Morgan fingerprint density at radius 3 is 1.50 bits per heavy atom. The molecule has 0 heterocycles. The fraction of sp³-hybridized carbons (Fsp3) is 0. The number of hydrogen-bond acceptors (Lipinski definition) is 4. The van der Waals surface area contributed by atoms with E-state index in [9.17, 15) is 0 Å². The fourth-order valence-electron chi connectivity index (χ4n) is 0. The number of hydrogen-bond donors (Lipinski definition) is 2. The van der Waals surface area contributed by atoms with Crippen LogP contribution >= 0.6 is 0 Å². The van der Waals surface area contributed by atoms with E-state index >= 15 is 0 Å². The molecule has 0 aliphatic rings. The molecule has 0 amide bonds. The average Bonchev–Trinajstić information content (AvgIpc) is 1.35. The molecule has 0 aromatic rings. The van der Waals surface area contributed by atoms with Gasteiger partial charge in [0.15, 0.2) is 0 Å². The van der Waals surface area contributed by atoms with Gasteiger partial charge in [-0.1, -0.05) is 4.33 Å². The molecule has 6 nitrogen and oxygen atoms in total. The van der Waals surface area contributed by atoms with E-state index in [2.05, 4.69) is 4.33 Å². The van der Waals surface area contributed by atoms with E-state index in [-0.39, 0.29) is 25.3 Å². The van der Waals surface area contributed by atoms with Crippen LogP contribution in [-0.2, 0) is 14.7 Å². The summed E-state index contributed by atoms with van der Waals surface area (Å²) >= 11 is 0. The molecular formula is H7GaO6S. The second-order valence-electron chi connectivity index (χ2n) is 0.502. The van der Waals surface area contributed by atoms with Crippen LogP contribution in [0.3, 0.4) is 0 Å². The maximum atomic E-state index is 9.08. The van der Waals surface area contributed by atoms with Gasteiger partial charge in [0.05, 0.1) is 0 Å². The summed E-state index contributed by atoms with van der Waals surface area (Å²) < 4.78 is 28.0. The molecule has 0 aromatic heterocycles. The second-order valence-corrected chi connectivity index (χ2v) is 1.51. The zero-order chi connectivity index (χ0) is 5.21. The third-order valence-corrected chi connectivity index (χ3v) is 0.283. The predicted octanol–water partition coefficient (Wildman–Crippen LogP) is -2.73. The van der Waals surface area contributed by atoms with Crippen LogP contribution in [0.25, 0.3) is 0 Å². The van der Waals surface area contributed by atoms with Gasteiger partial charge in [0.2, 0.25) is 0 Å². The topological polar surface area (TPSA) is 115 Å². The van der Waals surface area contributed by atoms with Crippen molar-refractivity contribution in [2.24, 2.45) is 0 Å². The first-order chi connectivity index (χ1) is 2.56. The number of rotatable bonds is 1. The van der Waals surface area contributed by atoms with Crippen molar-refractivity contribution in [2.75, 3.05) is 0 Å². The molecule has 0 radical (unpaired) electrons. The van der Waals surface area contributed by atoms with E-state index in [1.807, 2.05) is 0 Å². The minimum absolute atomic E-state index is 0. The molecular weight excluding hydrogens is 198 g/mol. The third-order valence-electron chi connectivity index (χ3n) is 0.0942. The van der Waals surface area contributed by atoms with Crippen LogP contribution in [-0.4, -0.2) is 43.5 Å². The van der Waals surface area contributed by atoms with Crippen LogP contribution in [0.5, 0.6) is 0 Å². The van der Waals surface area contributed by atoms with Gasteiger partial charge in [-0.2, -0.15) is 8.42 Å². The zero-order valence-corrected chi connectivity index (χ0v) is 3.84. The molecule has 0 spiro atoms. The molecule has 0 rings (SSSR count). The van der Waals surface area contributed by atoms with Crippen LogP contribution in [0.4, 0.5) is 0 Å². The standard InChI is InChI=1S/Ga.H2O5S.H2O.3H/c;1-5-6(2,3)4;;;;/h;1H,(H,2,3,4);1H2;;;. The van der Waals surface area contributed by atoms with E-state index in [4.69, 9.17) is 18.2 Å². The van der Waals surface area contributed by atoms with Crippen LogP contribution in [0.1, 0.15) is 0 Å². The Balaban J connectivity index is -0.000000125. The zero-order valence-electron chi connectivity index (χ0n) is 3.03. The van der Waals surface area contributed by atoms with Crippen molar-refractivity contribution >= 4 is 30.2 Å². The van der Waals surface area contributed by atoms with Crippen molar-refractivity contribution in [2.45, 2.75) is 0 Å².